The molecule has 4 nitrogen and oxygen atoms in total. The van der Waals surface area contributed by atoms with E-state index in [0.29, 0.717) is 17.5 Å². The Labute approximate surface area is 405 Å². The molecule has 0 bridgehead atoms. The van der Waals surface area contributed by atoms with Crippen molar-refractivity contribution in [3.63, 3.8) is 0 Å². The summed E-state index contributed by atoms with van der Waals surface area (Å²) in [4.78, 5) is 16.0. The van der Waals surface area contributed by atoms with Crippen LogP contribution in [0.2, 0.25) is 0 Å². The van der Waals surface area contributed by atoms with Crippen LogP contribution in [-0.4, -0.2) is 27.6 Å². The van der Waals surface area contributed by atoms with E-state index in [9.17, 15) is 0 Å². The van der Waals surface area contributed by atoms with Gasteiger partial charge in [-0.3, -0.25) is 0 Å². The second-order valence-corrected chi connectivity index (χ2v) is 22.4. The van der Waals surface area contributed by atoms with Crippen LogP contribution >= 0.6 is 11.3 Å². The third-order valence-electron chi connectivity index (χ3n) is 13.7. The van der Waals surface area contributed by atoms with Gasteiger partial charge >= 0.3 is 0 Å². The van der Waals surface area contributed by atoms with Crippen molar-refractivity contribution in [2.75, 3.05) is 0 Å². The molecule has 13 rings (SSSR count). The van der Waals surface area contributed by atoms with Gasteiger partial charge in [0.25, 0.3) is 0 Å². The second kappa shape index (κ2) is 17.0. The fourth-order valence-corrected chi connectivity index (χ4v) is 16.3. The van der Waals surface area contributed by atoms with Crippen molar-refractivity contribution in [1.82, 2.24) is 19.5 Å². The molecule has 13 aromatic rings. The third-order valence-corrected chi connectivity index (χ3v) is 19.6. The summed E-state index contributed by atoms with van der Waals surface area (Å²) < 4.78 is 4.90. The first-order valence-electron chi connectivity index (χ1n) is 23.3. The fraction of sp³-hybridized carbons (Fsp3) is 0. The van der Waals surface area contributed by atoms with Gasteiger partial charge in [0.05, 0.1) is 11.0 Å². The number of rotatable bonds is 9. The summed E-state index contributed by atoms with van der Waals surface area (Å²) in [6.07, 6.45) is 0. The normalized spacial score (nSPS) is 11.8. The van der Waals surface area contributed by atoms with Crippen LogP contribution in [0.15, 0.2) is 255 Å². The minimum absolute atomic E-state index is 0.614. The molecular weight excluding hydrogens is 873 g/mol. The molecule has 6 heteroatoms. The first-order chi connectivity index (χ1) is 34.2. The first kappa shape index (κ1) is 40.7. The summed E-state index contributed by atoms with van der Waals surface area (Å²) in [5, 5.41) is 10.3. The monoisotopic (exact) mass is 914 g/mol. The average Bonchev–Trinajstić information content (AvgIpc) is 3.98. The zero-order valence-corrected chi connectivity index (χ0v) is 39.3. The van der Waals surface area contributed by atoms with E-state index in [1.54, 1.807) is 0 Å². The van der Waals surface area contributed by atoms with Crippen molar-refractivity contribution in [3.8, 4) is 51.0 Å². The van der Waals surface area contributed by atoms with Crippen molar-refractivity contribution in [2.45, 2.75) is 0 Å². The summed E-state index contributed by atoms with van der Waals surface area (Å²) in [6, 6.07) is 92.0. The van der Waals surface area contributed by atoms with Crippen LogP contribution in [0.4, 0.5) is 0 Å². The van der Waals surface area contributed by atoms with E-state index in [-0.39, 0.29) is 0 Å². The average molecular weight is 915 g/mol. The van der Waals surface area contributed by atoms with E-state index < -0.39 is 8.07 Å². The minimum atomic E-state index is -2.75. The lowest BCUT2D eigenvalue weighted by molar-refractivity contribution is 1.07. The van der Waals surface area contributed by atoms with Gasteiger partial charge in [-0.15, -0.1) is 11.3 Å². The van der Waals surface area contributed by atoms with Crippen molar-refractivity contribution in [1.29, 1.82) is 0 Å². The van der Waals surface area contributed by atoms with Crippen molar-refractivity contribution in [2.24, 2.45) is 0 Å². The van der Waals surface area contributed by atoms with Crippen LogP contribution in [0.1, 0.15) is 0 Å². The molecule has 0 radical (unpaired) electrons. The van der Waals surface area contributed by atoms with E-state index in [1.807, 2.05) is 11.3 Å². The Bertz CT molecular complexity index is 3850. The fourth-order valence-electron chi connectivity index (χ4n) is 10.5. The molecule has 0 fully saturated rings. The number of hydrogen-bond donors (Lipinski definition) is 0. The number of hydrogen-bond acceptors (Lipinski definition) is 4. The molecular formula is C63H42N4SSi. The highest BCUT2D eigenvalue weighted by atomic mass is 32.1. The summed E-state index contributed by atoms with van der Waals surface area (Å²) in [6.45, 7) is 0. The van der Waals surface area contributed by atoms with Gasteiger partial charge in [0, 0.05) is 53.3 Å². The number of para-hydroxylation sites is 2. The predicted molar refractivity (Wildman–Crippen MR) is 292 cm³/mol. The summed E-state index contributed by atoms with van der Waals surface area (Å²) in [7, 11) is -2.75. The number of thiophene rings is 1. The van der Waals surface area contributed by atoms with E-state index in [0.717, 1.165) is 33.5 Å². The molecule has 3 aromatic heterocycles. The largest absolute Gasteiger partial charge is 0.309 e. The van der Waals surface area contributed by atoms with Crippen LogP contribution in [0.3, 0.4) is 0 Å². The molecule has 0 aliphatic carbocycles. The summed E-state index contributed by atoms with van der Waals surface area (Å²) in [5.74, 6) is 1.86. The highest BCUT2D eigenvalue weighted by molar-refractivity contribution is 7.25. The molecule has 0 atom stereocenters. The molecule has 0 aliphatic rings. The van der Waals surface area contributed by atoms with Crippen LogP contribution in [0, 0.1) is 0 Å². The first-order valence-corrected chi connectivity index (χ1v) is 26.2. The third kappa shape index (κ3) is 6.91. The zero-order valence-electron chi connectivity index (χ0n) is 37.4. The molecule has 0 saturated heterocycles. The van der Waals surface area contributed by atoms with E-state index in [2.05, 4.69) is 259 Å². The predicted octanol–water partition coefficient (Wildman–Crippen LogP) is 13.4. The molecule has 0 spiro atoms. The lowest BCUT2D eigenvalue weighted by atomic mass is 9.97. The van der Waals surface area contributed by atoms with Crippen LogP contribution in [0.5, 0.6) is 0 Å². The quantitative estimate of drug-likeness (QED) is 0.107. The Morgan fingerprint density at radius 1 is 0.304 bits per heavy atom. The number of fused-ring (bicyclic) bond motifs is 6. The van der Waals surface area contributed by atoms with Gasteiger partial charge < -0.3 is 4.57 Å². The lowest BCUT2D eigenvalue weighted by Gasteiger charge is -2.34. The number of aromatic nitrogens is 4. The Hall–Kier alpha value is -8.55. The summed E-state index contributed by atoms with van der Waals surface area (Å²) >= 11 is 1.83. The van der Waals surface area contributed by atoms with Crippen LogP contribution < -0.4 is 20.7 Å². The molecule has 0 saturated carbocycles. The maximum absolute atomic E-state index is 5.37. The SMILES string of the molecule is c1ccc([Si](c2ccccc2)(c2ccccc2)c2ccc(-c3nc(-c4ccc(-n5c6ccccc6c6ccccc65)cc4)nc(-c4ccccc4-c4ccc5sc6ccccc6c5c4)n3)cc2)cc1. The molecule has 0 unspecified atom stereocenters. The van der Waals surface area contributed by atoms with Gasteiger partial charge in [-0.05, 0) is 86.5 Å². The zero-order chi connectivity index (χ0) is 45.7. The standard InChI is InChI=1S/C63H42N4SSi/c1-4-18-47(19-5-1)69(48-20-6-2-7-21-48,49-22-8-3-9-23-49)50-39-34-44(35-40-50)62-64-61(43-32-37-46(38-33-43)67-57-29-15-12-25-52(57)53-26-13-16-30-58(53)67)65-63(66-62)55-28-11-10-24-51(55)45-36-41-60-56(42-45)54-27-14-17-31-59(54)68-60/h1-42H. The Morgan fingerprint density at radius 2 is 0.725 bits per heavy atom. The highest BCUT2D eigenvalue weighted by Gasteiger charge is 2.41. The van der Waals surface area contributed by atoms with Crippen molar-refractivity contribution in [3.05, 3.63) is 255 Å². The van der Waals surface area contributed by atoms with Crippen LogP contribution in [-0.2, 0) is 0 Å². The van der Waals surface area contributed by atoms with E-state index in [1.165, 1.54) is 62.7 Å². The molecule has 0 amide bonds. The maximum atomic E-state index is 5.37. The second-order valence-electron chi connectivity index (χ2n) is 17.5. The van der Waals surface area contributed by atoms with Gasteiger partial charge in [0.15, 0.2) is 25.5 Å². The molecule has 0 N–H and O–H groups in total. The molecule has 69 heavy (non-hydrogen) atoms. The Balaban J connectivity index is 0.978. The topological polar surface area (TPSA) is 43.6 Å². The Kier molecular flexibility index (Phi) is 10.00. The maximum Gasteiger partial charge on any atom is 0.179 e. The van der Waals surface area contributed by atoms with Crippen molar-refractivity contribution >= 4 is 82.1 Å². The smallest absolute Gasteiger partial charge is 0.179 e. The van der Waals surface area contributed by atoms with Gasteiger partial charge in [0.2, 0.25) is 0 Å². The van der Waals surface area contributed by atoms with Crippen LogP contribution in [0.25, 0.3) is 93.0 Å². The van der Waals surface area contributed by atoms with Gasteiger partial charge in [-0.2, -0.15) is 0 Å². The van der Waals surface area contributed by atoms with E-state index in [4.69, 9.17) is 15.0 Å². The molecule has 0 aliphatic heterocycles. The van der Waals surface area contributed by atoms with Gasteiger partial charge in [0.1, 0.15) is 0 Å². The van der Waals surface area contributed by atoms with Crippen molar-refractivity contribution < 1.29 is 0 Å². The molecule has 10 aromatic carbocycles. The molecule has 324 valence electrons. The number of nitrogens with zero attached hydrogens (tertiary/aromatic N) is 4. The summed E-state index contributed by atoms with van der Waals surface area (Å²) in [5.41, 5.74) is 8.38. The highest BCUT2D eigenvalue weighted by Crippen LogP contribution is 2.39. The van der Waals surface area contributed by atoms with E-state index >= 15 is 0 Å². The Morgan fingerprint density at radius 3 is 1.30 bits per heavy atom. The lowest BCUT2D eigenvalue weighted by Crippen LogP contribution is -2.74. The van der Waals surface area contributed by atoms with Gasteiger partial charge in [-0.25, -0.2) is 15.0 Å². The van der Waals surface area contributed by atoms with Gasteiger partial charge in [-0.1, -0.05) is 200 Å². The number of benzene rings is 10. The minimum Gasteiger partial charge on any atom is -0.309 e. The molecule has 3 heterocycles.